The van der Waals surface area contributed by atoms with Crippen molar-refractivity contribution in [2.45, 2.75) is 81.9 Å². The number of likely N-dealkylation sites (tertiary alicyclic amines) is 1. The van der Waals surface area contributed by atoms with Gasteiger partial charge >= 0.3 is 0 Å². The summed E-state index contributed by atoms with van der Waals surface area (Å²) in [5, 5.41) is 10.7. The van der Waals surface area contributed by atoms with E-state index in [4.69, 9.17) is 4.84 Å². The topological polar surface area (TPSA) is 163 Å². The van der Waals surface area contributed by atoms with Gasteiger partial charge < -0.3 is 20.4 Å². The van der Waals surface area contributed by atoms with Crippen LogP contribution in [0.1, 0.15) is 67.3 Å². The molecule has 53 heavy (non-hydrogen) atoms. The van der Waals surface area contributed by atoms with Gasteiger partial charge in [-0.2, -0.15) is 0 Å². The van der Waals surface area contributed by atoms with Gasteiger partial charge in [-0.05, 0) is 47.3 Å². The number of hydrogen-bond acceptors (Lipinski definition) is 9. The monoisotopic (exact) mass is 767 g/mol. The summed E-state index contributed by atoms with van der Waals surface area (Å²) >= 11 is 1.19. The Kier molecular flexibility index (Phi) is 9.41. The fourth-order valence-corrected chi connectivity index (χ4v) is 9.04. The molecule has 280 valence electrons. The molecule has 2 heterocycles. The molecular weight excluding hydrogens is 729 g/mol. The predicted octanol–water partition coefficient (Wildman–Crippen LogP) is 4.06. The molecule has 1 unspecified atom stereocenters. The normalized spacial score (nSPS) is 23.8. The molecule has 1 aliphatic heterocycles. The van der Waals surface area contributed by atoms with E-state index in [2.05, 4.69) is 15.8 Å². The molecule has 12 nitrogen and oxygen atoms in total. The average molecular weight is 768 g/mol. The second kappa shape index (κ2) is 13.6. The highest BCUT2D eigenvalue weighted by Crippen LogP contribution is 2.48. The Labute approximate surface area is 309 Å². The van der Waals surface area contributed by atoms with Gasteiger partial charge in [-0.25, -0.2) is 17.2 Å². The number of nitrogens with zero attached hydrogens (tertiary/aromatic N) is 2. The molecule has 1 saturated heterocycles. The Balaban J connectivity index is 1.18. The zero-order chi connectivity index (χ0) is 37.9. The Morgan fingerprint density at radius 3 is 2.11 bits per heavy atom. The zero-order valence-electron chi connectivity index (χ0n) is 29.2. The van der Waals surface area contributed by atoms with Crippen LogP contribution in [-0.4, -0.2) is 84.6 Å². The average Bonchev–Trinajstić information content (AvgIpc) is 3.94. The molecule has 4 amide bonds. The van der Waals surface area contributed by atoms with Crippen molar-refractivity contribution in [3.63, 3.8) is 0 Å². The molecule has 5 atom stereocenters. The third-order valence-corrected chi connectivity index (χ3v) is 12.9. The number of rotatable bonds is 11. The van der Waals surface area contributed by atoms with Crippen LogP contribution < -0.4 is 15.4 Å². The second-order valence-corrected chi connectivity index (χ2v) is 17.9. The largest absolute Gasteiger partial charge is 0.390 e. The molecule has 0 radical (unpaired) electrons. The zero-order valence-corrected chi connectivity index (χ0v) is 30.8. The fourth-order valence-electron chi connectivity index (χ4n) is 7.05. The summed E-state index contributed by atoms with van der Waals surface area (Å²) in [4.78, 5) is 62.8. The first-order chi connectivity index (χ1) is 25.1. The molecule has 7 rings (SSSR count). The van der Waals surface area contributed by atoms with Crippen molar-refractivity contribution >= 4 is 50.7 Å². The molecule has 16 heteroatoms. The van der Waals surface area contributed by atoms with Crippen LogP contribution in [0, 0.1) is 11.3 Å². The SMILES string of the molecule is CC(C)(C)[C@H](NC(=O)c1cccs1)C(=O)N1C[C@H](ON=C2c3ccccc3-c3ccccc32)CC1C(=O)N[C@@]1(C(=O)NS(=O)(=O)C2CC2)C[C@H]1C(F)F. The Bertz CT molecular complexity index is 2050. The number of carbonyl (C=O) groups is 4. The number of fused-ring (bicyclic) bond motifs is 3. The minimum absolute atomic E-state index is 0.134. The van der Waals surface area contributed by atoms with Gasteiger partial charge in [0.1, 0.15) is 29.4 Å². The van der Waals surface area contributed by atoms with Crippen LogP contribution in [0.3, 0.4) is 0 Å². The number of sulfonamides is 1. The third kappa shape index (κ3) is 7.05. The second-order valence-electron chi connectivity index (χ2n) is 15.0. The highest BCUT2D eigenvalue weighted by molar-refractivity contribution is 7.91. The van der Waals surface area contributed by atoms with Gasteiger partial charge in [0.05, 0.1) is 22.6 Å². The van der Waals surface area contributed by atoms with Gasteiger partial charge in [-0.1, -0.05) is 80.5 Å². The van der Waals surface area contributed by atoms with Crippen molar-refractivity contribution in [1.29, 1.82) is 0 Å². The van der Waals surface area contributed by atoms with Crippen molar-refractivity contribution in [2.75, 3.05) is 6.54 Å². The van der Waals surface area contributed by atoms with E-state index >= 15 is 0 Å². The number of nitrogens with one attached hydrogen (secondary N) is 3. The summed E-state index contributed by atoms with van der Waals surface area (Å²) in [6.45, 7) is 5.09. The van der Waals surface area contributed by atoms with E-state index in [1.165, 1.54) is 16.2 Å². The summed E-state index contributed by atoms with van der Waals surface area (Å²) in [6.07, 6.45) is -3.85. The fraction of sp³-hybridized carbons (Fsp3) is 0.432. The molecule has 2 aromatic carbocycles. The van der Waals surface area contributed by atoms with Crippen LogP contribution >= 0.6 is 11.3 Å². The number of alkyl halides is 2. The molecule has 3 N–H and O–H groups in total. The first-order valence-electron chi connectivity index (χ1n) is 17.3. The Hall–Kier alpha value is -4.70. The van der Waals surface area contributed by atoms with Crippen LogP contribution in [0.25, 0.3) is 11.1 Å². The molecular formula is C37H39F2N5O7S2. The number of halogens is 2. The lowest BCUT2D eigenvalue weighted by Gasteiger charge is -2.35. The smallest absolute Gasteiger partial charge is 0.262 e. The standard InChI is InChI=1S/C37H39F2N5O7S2/c1-36(2,3)30(40-33(46)28-13-8-16-52-28)34(47)44-19-20(51-42-29-24-11-6-4-9-22(24)23-10-5-7-12-25(23)29)17-27(44)32(45)41-37(18-26(37)31(38)39)35(48)43-53(49,50)21-14-15-21/h4-13,16,20-21,26-27,30-31H,14-15,17-19H2,1-3H3,(H,40,46)(H,41,45)(H,43,48)/t20-,26+,27?,30-,37+/m1/s1. The van der Waals surface area contributed by atoms with Crippen molar-refractivity contribution < 1.29 is 41.2 Å². The molecule has 3 fully saturated rings. The lowest BCUT2D eigenvalue weighted by Crippen LogP contribution is -2.60. The summed E-state index contributed by atoms with van der Waals surface area (Å²) < 4.78 is 55.3. The van der Waals surface area contributed by atoms with Crippen molar-refractivity contribution in [3.05, 3.63) is 82.0 Å². The van der Waals surface area contributed by atoms with Crippen LogP contribution in [0.15, 0.2) is 71.2 Å². The Morgan fingerprint density at radius 2 is 1.58 bits per heavy atom. The minimum Gasteiger partial charge on any atom is -0.390 e. The molecule has 0 bridgehead atoms. The highest BCUT2D eigenvalue weighted by atomic mass is 32.2. The molecule has 3 aliphatic carbocycles. The number of amides is 4. The number of thiophene rings is 1. The highest BCUT2D eigenvalue weighted by Gasteiger charge is 2.67. The van der Waals surface area contributed by atoms with Crippen LogP contribution in [0.5, 0.6) is 0 Å². The first kappa shape index (κ1) is 36.6. The van der Waals surface area contributed by atoms with Crippen LogP contribution in [0.4, 0.5) is 8.78 Å². The van der Waals surface area contributed by atoms with Gasteiger partial charge in [-0.15, -0.1) is 11.3 Å². The molecule has 4 aliphatic rings. The predicted molar refractivity (Wildman–Crippen MR) is 193 cm³/mol. The number of hydrogen-bond donors (Lipinski definition) is 3. The maximum atomic E-state index is 14.5. The lowest BCUT2D eigenvalue weighted by molar-refractivity contribution is -0.143. The van der Waals surface area contributed by atoms with Crippen LogP contribution in [0.2, 0.25) is 0 Å². The minimum atomic E-state index is -4.12. The number of carbonyl (C=O) groups excluding carboxylic acids is 4. The van der Waals surface area contributed by atoms with E-state index in [0.717, 1.165) is 22.3 Å². The quantitative estimate of drug-likeness (QED) is 0.194. The van der Waals surface area contributed by atoms with Crippen molar-refractivity contribution in [3.8, 4) is 11.1 Å². The molecule has 3 aromatic rings. The molecule has 0 spiro atoms. The van der Waals surface area contributed by atoms with Gasteiger partial charge in [0.25, 0.3) is 11.8 Å². The van der Waals surface area contributed by atoms with Gasteiger partial charge in [0.15, 0.2) is 0 Å². The van der Waals surface area contributed by atoms with Gasteiger partial charge in [0.2, 0.25) is 28.3 Å². The maximum absolute atomic E-state index is 14.5. The Morgan fingerprint density at radius 1 is 0.962 bits per heavy atom. The number of oxime groups is 1. The van der Waals surface area contributed by atoms with E-state index in [-0.39, 0.29) is 13.0 Å². The van der Waals surface area contributed by atoms with E-state index in [1.54, 1.807) is 38.3 Å². The van der Waals surface area contributed by atoms with E-state index in [0.29, 0.717) is 23.4 Å². The first-order valence-corrected chi connectivity index (χ1v) is 19.8. The maximum Gasteiger partial charge on any atom is 0.262 e. The van der Waals surface area contributed by atoms with Gasteiger partial charge in [-0.3, -0.25) is 23.9 Å². The summed E-state index contributed by atoms with van der Waals surface area (Å²) in [5.74, 6) is -4.94. The molecule has 2 saturated carbocycles. The van der Waals surface area contributed by atoms with Gasteiger partial charge in [0, 0.05) is 17.5 Å². The van der Waals surface area contributed by atoms with Crippen molar-refractivity contribution in [2.24, 2.45) is 16.5 Å². The van der Waals surface area contributed by atoms with E-state index in [9.17, 15) is 36.4 Å². The molecule has 1 aromatic heterocycles. The summed E-state index contributed by atoms with van der Waals surface area (Å²) in [6, 6.07) is 16.2. The third-order valence-electron chi connectivity index (χ3n) is 10.2. The summed E-state index contributed by atoms with van der Waals surface area (Å²) in [7, 11) is -4.12. The lowest BCUT2D eigenvalue weighted by atomic mass is 9.85. The van der Waals surface area contributed by atoms with Crippen LogP contribution in [-0.2, 0) is 29.2 Å². The summed E-state index contributed by atoms with van der Waals surface area (Å²) in [5.41, 5.74) is 1.10. The van der Waals surface area contributed by atoms with E-state index < -0.39 is 86.8 Å². The number of benzene rings is 2. The van der Waals surface area contributed by atoms with Crippen molar-refractivity contribution in [1.82, 2.24) is 20.3 Å². The van der Waals surface area contributed by atoms with E-state index in [1.807, 2.05) is 53.3 Å².